The van der Waals surface area contributed by atoms with Crippen LogP contribution in [0.2, 0.25) is 0 Å². The van der Waals surface area contributed by atoms with E-state index in [-0.39, 0.29) is 23.6 Å². The predicted molar refractivity (Wildman–Crippen MR) is 101 cm³/mol. The standard InChI is InChI=1S/C20H21F3N2O4/c1-3-9-29-17-8-7-14(20(21,22)23)11-16(17)25-18(26)12-24-19(27)13-5-4-6-15(10-13)28-2/h4-8,10-11H,3,9,12H2,1-2H3,(H,24,27)(H,25,26). The van der Waals surface area contributed by atoms with Crippen LogP contribution in [0.3, 0.4) is 0 Å². The molecule has 0 saturated heterocycles. The maximum atomic E-state index is 13.0. The first kappa shape index (κ1) is 22.1. The Morgan fingerprint density at radius 2 is 1.86 bits per heavy atom. The van der Waals surface area contributed by atoms with Gasteiger partial charge in [-0.25, -0.2) is 0 Å². The average molecular weight is 410 g/mol. The second-order valence-corrected chi connectivity index (χ2v) is 6.02. The summed E-state index contributed by atoms with van der Waals surface area (Å²) in [5, 5.41) is 4.77. The van der Waals surface area contributed by atoms with E-state index in [9.17, 15) is 22.8 Å². The Kier molecular flexibility index (Phi) is 7.46. The Morgan fingerprint density at radius 1 is 1.10 bits per heavy atom. The Labute approximate surface area is 166 Å². The van der Waals surface area contributed by atoms with E-state index in [1.54, 1.807) is 18.2 Å². The number of hydrogen-bond acceptors (Lipinski definition) is 4. The van der Waals surface area contributed by atoms with Crippen molar-refractivity contribution in [3.63, 3.8) is 0 Å². The van der Waals surface area contributed by atoms with Gasteiger partial charge in [-0.05, 0) is 42.8 Å². The van der Waals surface area contributed by atoms with E-state index >= 15 is 0 Å². The van der Waals surface area contributed by atoms with Crippen molar-refractivity contribution < 1.29 is 32.2 Å². The molecule has 156 valence electrons. The lowest BCUT2D eigenvalue weighted by Crippen LogP contribution is -2.33. The Balaban J connectivity index is 2.07. The highest BCUT2D eigenvalue weighted by atomic mass is 19.4. The fraction of sp³-hybridized carbons (Fsp3) is 0.300. The lowest BCUT2D eigenvalue weighted by molar-refractivity contribution is -0.137. The normalized spacial score (nSPS) is 10.9. The summed E-state index contributed by atoms with van der Waals surface area (Å²) in [6.45, 7) is 1.69. The first-order valence-corrected chi connectivity index (χ1v) is 8.80. The molecule has 0 saturated carbocycles. The number of halogens is 3. The van der Waals surface area contributed by atoms with Crippen LogP contribution in [0.1, 0.15) is 29.3 Å². The molecule has 6 nitrogen and oxygen atoms in total. The molecule has 0 fully saturated rings. The number of anilines is 1. The first-order valence-electron chi connectivity index (χ1n) is 8.80. The van der Waals surface area contributed by atoms with E-state index in [0.717, 1.165) is 18.2 Å². The SMILES string of the molecule is CCCOc1ccc(C(F)(F)F)cc1NC(=O)CNC(=O)c1cccc(OC)c1. The molecule has 0 bridgehead atoms. The van der Waals surface area contributed by atoms with E-state index < -0.39 is 30.1 Å². The minimum Gasteiger partial charge on any atom is -0.497 e. The lowest BCUT2D eigenvalue weighted by atomic mass is 10.1. The summed E-state index contributed by atoms with van der Waals surface area (Å²) in [6.07, 6.45) is -3.92. The molecule has 0 unspecified atom stereocenters. The van der Waals surface area contributed by atoms with E-state index in [1.165, 1.54) is 13.2 Å². The van der Waals surface area contributed by atoms with E-state index in [0.29, 0.717) is 12.2 Å². The third kappa shape index (κ3) is 6.41. The quantitative estimate of drug-likeness (QED) is 0.693. The number of methoxy groups -OCH3 is 1. The zero-order valence-corrected chi connectivity index (χ0v) is 15.9. The van der Waals surface area contributed by atoms with E-state index in [2.05, 4.69) is 10.6 Å². The number of rotatable bonds is 8. The molecular weight excluding hydrogens is 389 g/mol. The second kappa shape index (κ2) is 9.81. The van der Waals surface area contributed by atoms with Gasteiger partial charge >= 0.3 is 6.18 Å². The number of nitrogens with one attached hydrogen (secondary N) is 2. The molecule has 2 N–H and O–H groups in total. The van der Waals surface area contributed by atoms with Crippen molar-refractivity contribution in [2.75, 3.05) is 25.6 Å². The summed E-state index contributed by atoms with van der Waals surface area (Å²) < 4.78 is 49.3. The molecule has 0 radical (unpaired) electrons. The van der Waals surface area contributed by atoms with Crippen molar-refractivity contribution in [2.24, 2.45) is 0 Å². The van der Waals surface area contributed by atoms with Crippen LogP contribution < -0.4 is 20.1 Å². The Morgan fingerprint density at radius 3 is 2.52 bits per heavy atom. The van der Waals surface area contributed by atoms with Gasteiger partial charge in [-0.15, -0.1) is 0 Å². The van der Waals surface area contributed by atoms with Gasteiger partial charge < -0.3 is 20.1 Å². The molecule has 0 atom stereocenters. The molecule has 0 aliphatic carbocycles. The summed E-state index contributed by atoms with van der Waals surface area (Å²) in [5.41, 5.74) is -0.755. The topological polar surface area (TPSA) is 76.7 Å². The summed E-state index contributed by atoms with van der Waals surface area (Å²) in [5.74, 6) is -0.622. The number of ether oxygens (including phenoxy) is 2. The van der Waals surface area contributed by atoms with Crippen LogP contribution in [-0.2, 0) is 11.0 Å². The van der Waals surface area contributed by atoms with Gasteiger partial charge in [0.05, 0.1) is 31.5 Å². The zero-order valence-electron chi connectivity index (χ0n) is 15.9. The third-order valence-corrected chi connectivity index (χ3v) is 3.78. The minimum atomic E-state index is -4.57. The van der Waals surface area contributed by atoms with Crippen molar-refractivity contribution in [1.82, 2.24) is 5.32 Å². The fourth-order valence-electron chi connectivity index (χ4n) is 2.36. The number of benzene rings is 2. The van der Waals surface area contributed by atoms with Crippen LogP contribution in [0, 0.1) is 0 Å². The summed E-state index contributed by atoms with van der Waals surface area (Å²) >= 11 is 0. The second-order valence-electron chi connectivity index (χ2n) is 6.02. The molecule has 0 aliphatic heterocycles. The van der Waals surface area contributed by atoms with Gasteiger partial charge in [-0.2, -0.15) is 13.2 Å². The molecule has 2 aromatic carbocycles. The van der Waals surface area contributed by atoms with Crippen molar-refractivity contribution >= 4 is 17.5 Å². The monoisotopic (exact) mass is 410 g/mol. The molecule has 0 aromatic heterocycles. The molecule has 9 heteroatoms. The predicted octanol–water partition coefficient (Wildman–Crippen LogP) is 3.87. The van der Waals surface area contributed by atoms with Crippen LogP contribution in [0.5, 0.6) is 11.5 Å². The molecular formula is C20H21F3N2O4. The number of amides is 2. The molecule has 2 aromatic rings. The smallest absolute Gasteiger partial charge is 0.416 e. The van der Waals surface area contributed by atoms with Gasteiger partial charge in [-0.3, -0.25) is 9.59 Å². The van der Waals surface area contributed by atoms with Gasteiger partial charge in [0.15, 0.2) is 0 Å². The van der Waals surface area contributed by atoms with Crippen molar-refractivity contribution in [2.45, 2.75) is 19.5 Å². The molecule has 2 amide bonds. The molecule has 0 heterocycles. The molecule has 0 aliphatic rings. The highest BCUT2D eigenvalue weighted by Crippen LogP contribution is 2.35. The van der Waals surface area contributed by atoms with Gasteiger partial charge in [0, 0.05) is 5.56 Å². The van der Waals surface area contributed by atoms with Crippen molar-refractivity contribution in [1.29, 1.82) is 0 Å². The highest BCUT2D eigenvalue weighted by molar-refractivity contribution is 6.00. The maximum absolute atomic E-state index is 13.0. The van der Waals surface area contributed by atoms with Gasteiger partial charge in [0.25, 0.3) is 5.91 Å². The van der Waals surface area contributed by atoms with Crippen LogP contribution in [0.25, 0.3) is 0 Å². The molecule has 29 heavy (non-hydrogen) atoms. The highest BCUT2D eigenvalue weighted by Gasteiger charge is 2.31. The van der Waals surface area contributed by atoms with Crippen LogP contribution >= 0.6 is 0 Å². The van der Waals surface area contributed by atoms with Crippen LogP contribution in [0.15, 0.2) is 42.5 Å². The molecule has 0 spiro atoms. The summed E-state index contributed by atoms with van der Waals surface area (Å²) in [7, 11) is 1.46. The number of alkyl halides is 3. The Bertz CT molecular complexity index is 869. The number of carbonyl (C=O) groups is 2. The van der Waals surface area contributed by atoms with E-state index in [1.807, 2.05) is 6.92 Å². The third-order valence-electron chi connectivity index (χ3n) is 3.78. The Hall–Kier alpha value is -3.23. The van der Waals surface area contributed by atoms with Gasteiger partial charge in [-0.1, -0.05) is 13.0 Å². The van der Waals surface area contributed by atoms with Crippen LogP contribution in [-0.4, -0.2) is 32.1 Å². The largest absolute Gasteiger partial charge is 0.497 e. The lowest BCUT2D eigenvalue weighted by Gasteiger charge is -2.15. The zero-order chi connectivity index (χ0) is 21.4. The summed E-state index contributed by atoms with van der Waals surface area (Å²) in [4.78, 5) is 24.3. The first-order chi connectivity index (χ1) is 13.7. The average Bonchev–Trinajstić information content (AvgIpc) is 2.70. The number of carbonyl (C=O) groups excluding carboxylic acids is 2. The summed E-state index contributed by atoms with van der Waals surface area (Å²) in [6, 6.07) is 9.15. The maximum Gasteiger partial charge on any atom is 0.416 e. The fourth-order valence-corrected chi connectivity index (χ4v) is 2.36. The number of hydrogen-bond donors (Lipinski definition) is 2. The minimum absolute atomic E-state index is 0.117. The van der Waals surface area contributed by atoms with Crippen molar-refractivity contribution in [3.8, 4) is 11.5 Å². The van der Waals surface area contributed by atoms with Gasteiger partial charge in [0.1, 0.15) is 11.5 Å². The van der Waals surface area contributed by atoms with E-state index in [4.69, 9.17) is 9.47 Å². The van der Waals surface area contributed by atoms with Crippen LogP contribution in [0.4, 0.5) is 18.9 Å². The molecule has 2 rings (SSSR count). The van der Waals surface area contributed by atoms with Gasteiger partial charge in [0.2, 0.25) is 5.91 Å². The van der Waals surface area contributed by atoms with Crippen molar-refractivity contribution in [3.05, 3.63) is 53.6 Å².